The predicted octanol–water partition coefficient (Wildman–Crippen LogP) is 2.47. The number of aryl methyl sites for hydroxylation is 1. The van der Waals surface area contributed by atoms with E-state index >= 15 is 0 Å². The number of ether oxygens (including phenoxy) is 1. The summed E-state index contributed by atoms with van der Waals surface area (Å²) in [6.45, 7) is 3.81. The Morgan fingerprint density at radius 1 is 1.39 bits per heavy atom. The van der Waals surface area contributed by atoms with Crippen molar-refractivity contribution in [3.8, 4) is 5.75 Å². The number of methoxy groups -OCH3 is 1. The van der Waals surface area contributed by atoms with Crippen LogP contribution in [0.15, 0.2) is 35.1 Å². The van der Waals surface area contributed by atoms with Gasteiger partial charge in [-0.1, -0.05) is 17.3 Å². The number of aromatic nitrogens is 3. The summed E-state index contributed by atoms with van der Waals surface area (Å²) < 4.78 is 10.5. The van der Waals surface area contributed by atoms with Crippen molar-refractivity contribution in [1.29, 1.82) is 0 Å². The lowest BCUT2D eigenvalue weighted by molar-refractivity contribution is -0.125. The molecule has 8 heteroatoms. The fraction of sp³-hybridized carbons (Fsp3) is 0.400. The molecule has 1 aliphatic rings. The minimum atomic E-state index is -0.0930. The van der Waals surface area contributed by atoms with Crippen molar-refractivity contribution in [1.82, 2.24) is 20.4 Å². The lowest BCUT2D eigenvalue weighted by Crippen LogP contribution is -2.43. The second-order valence-corrected chi connectivity index (χ2v) is 7.00. The Kier molecular flexibility index (Phi) is 5.10. The summed E-state index contributed by atoms with van der Waals surface area (Å²) in [5.41, 5.74) is 2.25. The molecule has 1 saturated heterocycles. The van der Waals surface area contributed by atoms with E-state index in [0.717, 1.165) is 47.6 Å². The molecule has 1 atom stereocenters. The number of carbonyl (C=O) groups excluding carboxylic acids is 1. The molecule has 0 radical (unpaired) electrons. The number of hydrogen-bond acceptors (Lipinski definition) is 7. The monoisotopic (exact) mass is 381 g/mol. The minimum Gasteiger partial charge on any atom is -0.497 e. The molecule has 0 bridgehead atoms. The lowest BCUT2D eigenvalue weighted by atomic mass is 9.96. The maximum atomic E-state index is 12.8. The van der Waals surface area contributed by atoms with Gasteiger partial charge in [0, 0.05) is 19.6 Å². The van der Waals surface area contributed by atoms with Gasteiger partial charge in [-0.05, 0) is 37.5 Å². The topological polar surface area (TPSA) is 93.4 Å². The summed E-state index contributed by atoms with van der Waals surface area (Å²) in [7, 11) is 1.63. The number of carbonyl (C=O) groups is 1. The molecule has 0 aliphatic carbocycles. The number of hydrogen-bond donors (Lipinski definition) is 1. The molecule has 4 rings (SSSR count). The highest BCUT2D eigenvalue weighted by molar-refractivity contribution is 5.88. The first-order valence-corrected chi connectivity index (χ1v) is 9.38. The van der Waals surface area contributed by atoms with E-state index < -0.39 is 0 Å². The Bertz CT molecular complexity index is 987. The van der Waals surface area contributed by atoms with Crippen molar-refractivity contribution in [2.24, 2.45) is 5.92 Å². The van der Waals surface area contributed by atoms with Crippen molar-refractivity contribution in [2.45, 2.75) is 26.3 Å². The third kappa shape index (κ3) is 3.62. The van der Waals surface area contributed by atoms with Gasteiger partial charge < -0.3 is 19.5 Å². The predicted molar refractivity (Wildman–Crippen MR) is 104 cm³/mol. The molecule has 1 N–H and O–H groups in total. The molecule has 2 aromatic heterocycles. The first kappa shape index (κ1) is 18.2. The third-order valence-corrected chi connectivity index (χ3v) is 5.12. The molecule has 3 heterocycles. The number of nitrogens with zero attached hydrogens (tertiary/aromatic N) is 4. The molecule has 0 unspecified atom stereocenters. The van der Waals surface area contributed by atoms with Gasteiger partial charge in [-0.15, -0.1) is 0 Å². The van der Waals surface area contributed by atoms with Crippen molar-refractivity contribution >= 4 is 22.8 Å². The van der Waals surface area contributed by atoms with Gasteiger partial charge in [-0.3, -0.25) is 4.79 Å². The molecule has 146 valence electrons. The van der Waals surface area contributed by atoms with Crippen LogP contribution in [0.25, 0.3) is 11.1 Å². The van der Waals surface area contributed by atoms with Crippen LogP contribution in [-0.2, 0) is 11.3 Å². The first-order valence-electron chi connectivity index (χ1n) is 9.38. The van der Waals surface area contributed by atoms with Crippen LogP contribution in [0, 0.1) is 12.8 Å². The quantitative estimate of drug-likeness (QED) is 0.725. The maximum Gasteiger partial charge on any atom is 0.263 e. The SMILES string of the molecule is COc1cccc(CNC(=O)[C@H]2CCCN(c3ncnc4onc(C)c34)C2)c1. The van der Waals surface area contributed by atoms with E-state index in [-0.39, 0.29) is 11.8 Å². The Hall–Kier alpha value is -3.16. The van der Waals surface area contributed by atoms with Crippen molar-refractivity contribution in [2.75, 3.05) is 25.1 Å². The highest BCUT2D eigenvalue weighted by Crippen LogP contribution is 2.29. The Labute approximate surface area is 162 Å². The van der Waals surface area contributed by atoms with Crippen LogP contribution >= 0.6 is 0 Å². The summed E-state index contributed by atoms with van der Waals surface area (Å²) in [5.74, 6) is 1.53. The molecule has 0 saturated carbocycles. The maximum absolute atomic E-state index is 12.8. The van der Waals surface area contributed by atoms with Gasteiger partial charge in [-0.2, -0.15) is 4.98 Å². The van der Waals surface area contributed by atoms with E-state index in [2.05, 4.69) is 25.3 Å². The van der Waals surface area contributed by atoms with Crippen LogP contribution in [-0.4, -0.2) is 41.2 Å². The number of rotatable bonds is 5. The number of anilines is 1. The van der Waals surface area contributed by atoms with Crippen LogP contribution in [0.2, 0.25) is 0 Å². The molecular weight excluding hydrogens is 358 g/mol. The molecule has 1 aromatic carbocycles. The zero-order chi connectivity index (χ0) is 19.5. The van der Waals surface area contributed by atoms with Gasteiger partial charge in [0.25, 0.3) is 5.71 Å². The molecule has 1 fully saturated rings. The Balaban J connectivity index is 1.44. The van der Waals surface area contributed by atoms with Crippen LogP contribution in [0.3, 0.4) is 0 Å². The second kappa shape index (κ2) is 7.84. The molecule has 3 aromatic rings. The third-order valence-electron chi connectivity index (χ3n) is 5.12. The summed E-state index contributed by atoms with van der Waals surface area (Å²) in [6, 6.07) is 7.71. The molecule has 8 nitrogen and oxygen atoms in total. The molecule has 1 amide bonds. The fourth-order valence-corrected chi connectivity index (χ4v) is 3.64. The number of benzene rings is 1. The molecular formula is C20H23N5O3. The van der Waals surface area contributed by atoms with E-state index in [1.807, 2.05) is 31.2 Å². The average molecular weight is 381 g/mol. The zero-order valence-corrected chi connectivity index (χ0v) is 16.0. The normalized spacial score (nSPS) is 16.9. The van der Waals surface area contributed by atoms with Crippen LogP contribution < -0.4 is 15.0 Å². The number of nitrogens with one attached hydrogen (secondary N) is 1. The minimum absolute atomic E-state index is 0.0554. The Morgan fingerprint density at radius 3 is 3.14 bits per heavy atom. The van der Waals surface area contributed by atoms with Crippen LogP contribution in [0.5, 0.6) is 5.75 Å². The largest absolute Gasteiger partial charge is 0.497 e. The molecule has 0 spiro atoms. The van der Waals surface area contributed by atoms with Crippen molar-refractivity contribution in [3.05, 3.63) is 41.9 Å². The van der Waals surface area contributed by atoms with E-state index in [0.29, 0.717) is 18.8 Å². The second-order valence-electron chi connectivity index (χ2n) is 7.00. The smallest absolute Gasteiger partial charge is 0.263 e. The van der Waals surface area contributed by atoms with Gasteiger partial charge in [0.1, 0.15) is 23.3 Å². The van der Waals surface area contributed by atoms with Crippen molar-refractivity contribution in [3.63, 3.8) is 0 Å². The number of piperidine rings is 1. The van der Waals surface area contributed by atoms with Gasteiger partial charge in [0.2, 0.25) is 5.91 Å². The van der Waals surface area contributed by atoms with E-state index in [1.165, 1.54) is 6.33 Å². The van der Waals surface area contributed by atoms with Crippen LogP contribution in [0.4, 0.5) is 5.82 Å². The standard InChI is InChI=1S/C20H23N5O3/c1-13-17-18(22-12-23-20(17)28-24-13)25-8-4-6-15(11-25)19(26)21-10-14-5-3-7-16(9-14)27-2/h3,5,7,9,12,15H,4,6,8,10-11H2,1-2H3,(H,21,26)/t15-/m0/s1. The van der Waals surface area contributed by atoms with Crippen LogP contribution in [0.1, 0.15) is 24.1 Å². The Morgan fingerprint density at radius 2 is 2.29 bits per heavy atom. The molecule has 28 heavy (non-hydrogen) atoms. The van der Waals surface area contributed by atoms with Gasteiger partial charge in [0.15, 0.2) is 0 Å². The van der Waals surface area contributed by atoms with Gasteiger partial charge in [0.05, 0.1) is 18.7 Å². The summed E-state index contributed by atoms with van der Waals surface area (Å²) in [5, 5.41) is 7.86. The fourth-order valence-electron chi connectivity index (χ4n) is 3.64. The van der Waals surface area contributed by atoms with Crippen molar-refractivity contribution < 1.29 is 14.1 Å². The average Bonchev–Trinajstić information content (AvgIpc) is 3.13. The van der Waals surface area contributed by atoms with E-state index in [4.69, 9.17) is 9.26 Å². The zero-order valence-electron chi connectivity index (χ0n) is 16.0. The first-order chi connectivity index (χ1) is 13.7. The summed E-state index contributed by atoms with van der Waals surface area (Å²) in [6.07, 6.45) is 3.26. The summed E-state index contributed by atoms with van der Waals surface area (Å²) >= 11 is 0. The van der Waals surface area contributed by atoms with Gasteiger partial charge >= 0.3 is 0 Å². The highest BCUT2D eigenvalue weighted by Gasteiger charge is 2.28. The molecule has 1 aliphatic heterocycles. The van der Waals surface area contributed by atoms with Gasteiger partial charge in [-0.25, -0.2) is 4.98 Å². The van der Waals surface area contributed by atoms with E-state index in [1.54, 1.807) is 7.11 Å². The number of fused-ring (bicyclic) bond motifs is 1. The number of amides is 1. The lowest BCUT2D eigenvalue weighted by Gasteiger charge is -2.33. The highest BCUT2D eigenvalue weighted by atomic mass is 16.5. The summed E-state index contributed by atoms with van der Waals surface area (Å²) in [4.78, 5) is 23.5. The van der Waals surface area contributed by atoms with E-state index in [9.17, 15) is 4.79 Å².